The molecule has 0 heterocycles. The maximum absolute atomic E-state index is 5.75. The van der Waals surface area contributed by atoms with Gasteiger partial charge in [-0.2, -0.15) is 0 Å². The Morgan fingerprint density at radius 1 is 1.21 bits per heavy atom. The number of nitrogens with two attached hydrogens (primary N) is 1. The lowest BCUT2D eigenvalue weighted by Crippen LogP contribution is -1.93. The van der Waals surface area contributed by atoms with Crippen LogP contribution in [0, 0.1) is 3.57 Å². The highest BCUT2D eigenvalue weighted by Gasteiger charge is 1.99. The van der Waals surface area contributed by atoms with Gasteiger partial charge in [0.15, 0.2) is 0 Å². The fourth-order valence-corrected chi connectivity index (χ4v) is 2.13. The SMILES string of the molecule is CCCCCCc1cc(N)ccc1I. The number of benzene rings is 1. The number of hydrogen-bond acceptors (Lipinski definition) is 1. The monoisotopic (exact) mass is 303 g/mol. The Balaban J connectivity index is 2.45. The summed E-state index contributed by atoms with van der Waals surface area (Å²) in [6, 6.07) is 6.18. The molecule has 0 spiro atoms. The molecule has 0 atom stereocenters. The molecule has 0 saturated carbocycles. The molecule has 0 aliphatic carbocycles. The molecule has 0 aliphatic rings. The molecule has 0 unspecified atom stereocenters. The average molecular weight is 303 g/mol. The van der Waals surface area contributed by atoms with Gasteiger partial charge in [-0.3, -0.25) is 0 Å². The lowest BCUT2D eigenvalue weighted by atomic mass is 10.1. The number of nitrogen functional groups attached to an aromatic ring is 1. The van der Waals surface area contributed by atoms with Crippen molar-refractivity contribution in [3.63, 3.8) is 0 Å². The molecular weight excluding hydrogens is 285 g/mol. The second-order valence-electron chi connectivity index (χ2n) is 3.66. The van der Waals surface area contributed by atoms with E-state index in [2.05, 4.69) is 41.6 Å². The van der Waals surface area contributed by atoms with Crippen LogP contribution < -0.4 is 5.73 Å². The summed E-state index contributed by atoms with van der Waals surface area (Å²) < 4.78 is 1.34. The van der Waals surface area contributed by atoms with Gasteiger partial charge in [-0.1, -0.05) is 26.2 Å². The Hall–Kier alpha value is -0.250. The molecule has 1 aromatic carbocycles. The first kappa shape index (κ1) is 11.8. The van der Waals surface area contributed by atoms with E-state index in [1.54, 1.807) is 0 Å². The maximum atomic E-state index is 5.75. The maximum Gasteiger partial charge on any atom is 0.0317 e. The molecule has 2 heteroatoms. The quantitative estimate of drug-likeness (QED) is 0.497. The van der Waals surface area contributed by atoms with Crippen LogP contribution in [0.2, 0.25) is 0 Å². The van der Waals surface area contributed by atoms with Gasteiger partial charge in [0.2, 0.25) is 0 Å². The highest BCUT2D eigenvalue weighted by atomic mass is 127. The molecule has 1 aromatic rings. The van der Waals surface area contributed by atoms with Crippen LogP contribution in [0.25, 0.3) is 0 Å². The molecule has 78 valence electrons. The highest BCUT2D eigenvalue weighted by Crippen LogP contribution is 2.18. The minimum atomic E-state index is 0.885. The van der Waals surface area contributed by atoms with Crippen molar-refractivity contribution in [2.75, 3.05) is 5.73 Å². The fraction of sp³-hybridized carbons (Fsp3) is 0.500. The van der Waals surface area contributed by atoms with E-state index in [4.69, 9.17) is 5.73 Å². The minimum Gasteiger partial charge on any atom is -0.399 e. The molecule has 0 fully saturated rings. The van der Waals surface area contributed by atoms with Gasteiger partial charge in [0, 0.05) is 9.26 Å². The van der Waals surface area contributed by atoms with E-state index in [-0.39, 0.29) is 0 Å². The Morgan fingerprint density at radius 3 is 2.71 bits per heavy atom. The van der Waals surface area contributed by atoms with Gasteiger partial charge in [-0.15, -0.1) is 0 Å². The third-order valence-electron chi connectivity index (χ3n) is 2.37. The second-order valence-corrected chi connectivity index (χ2v) is 4.82. The summed E-state index contributed by atoms with van der Waals surface area (Å²) in [4.78, 5) is 0. The standard InChI is InChI=1S/C12H18IN/c1-2-3-4-5-6-10-9-11(14)7-8-12(10)13/h7-9H,2-6,14H2,1H3. The van der Waals surface area contributed by atoms with E-state index in [1.807, 2.05) is 6.07 Å². The van der Waals surface area contributed by atoms with E-state index in [9.17, 15) is 0 Å². The van der Waals surface area contributed by atoms with Crippen LogP contribution in [0.4, 0.5) is 5.69 Å². The molecular formula is C12H18IN. The molecule has 14 heavy (non-hydrogen) atoms. The van der Waals surface area contributed by atoms with Crippen LogP contribution in [0.5, 0.6) is 0 Å². The Bertz CT molecular complexity index is 284. The van der Waals surface area contributed by atoms with Crippen LogP contribution in [0.3, 0.4) is 0 Å². The normalized spacial score (nSPS) is 10.4. The third kappa shape index (κ3) is 3.86. The van der Waals surface area contributed by atoms with Gasteiger partial charge in [-0.05, 0) is 59.2 Å². The van der Waals surface area contributed by atoms with Crippen molar-refractivity contribution in [3.05, 3.63) is 27.3 Å². The van der Waals surface area contributed by atoms with Gasteiger partial charge >= 0.3 is 0 Å². The molecule has 1 rings (SSSR count). The van der Waals surface area contributed by atoms with Crippen molar-refractivity contribution in [2.45, 2.75) is 39.0 Å². The van der Waals surface area contributed by atoms with Crippen LogP contribution in [0.15, 0.2) is 18.2 Å². The fourth-order valence-electron chi connectivity index (χ4n) is 1.53. The summed E-state index contributed by atoms with van der Waals surface area (Å²) in [7, 11) is 0. The van der Waals surface area contributed by atoms with Crippen LogP contribution in [-0.4, -0.2) is 0 Å². The summed E-state index contributed by atoms with van der Waals surface area (Å²) in [5.74, 6) is 0. The highest BCUT2D eigenvalue weighted by molar-refractivity contribution is 14.1. The van der Waals surface area contributed by atoms with Crippen molar-refractivity contribution < 1.29 is 0 Å². The number of halogens is 1. The molecule has 0 aromatic heterocycles. The topological polar surface area (TPSA) is 26.0 Å². The number of aryl methyl sites for hydroxylation is 1. The zero-order valence-corrected chi connectivity index (χ0v) is 10.9. The summed E-state index contributed by atoms with van der Waals surface area (Å²) in [6.45, 7) is 2.24. The zero-order valence-electron chi connectivity index (χ0n) is 8.72. The smallest absolute Gasteiger partial charge is 0.0317 e. The molecule has 2 N–H and O–H groups in total. The third-order valence-corrected chi connectivity index (χ3v) is 3.42. The summed E-state index contributed by atoms with van der Waals surface area (Å²) in [6.07, 6.45) is 6.44. The number of hydrogen-bond donors (Lipinski definition) is 1. The first-order valence-corrected chi connectivity index (χ1v) is 6.36. The van der Waals surface area contributed by atoms with Crippen molar-refractivity contribution in [1.29, 1.82) is 0 Å². The summed E-state index contributed by atoms with van der Waals surface area (Å²) >= 11 is 2.38. The van der Waals surface area contributed by atoms with E-state index in [0.29, 0.717) is 0 Å². The largest absolute Gasteiger partial charge is 0.399 e. The minimum absolute atomic E-state index is 0.885. The van der Waals surface area contributed by atoms with Crippen LogP contribution in [0.1, 0.15) is 38.2 Å². The lowest BCUT2D eigenvalue weighted by molar-refractivity contribution is 0.666. The van der Waals surface area contributed by atoms with Crippen molar-refractivity contribution in [3.8, 4) is 0 Å². The van der Waals surface area contributed by atoms with Gasteiger partial charge in [0.1, 0.15) is 0 Å². The molecule has 0 saturated heterocycles. The second kappa shape index (κ2) is 6.27. The van der Waals surface area contributed by atoms with Crippen LogP contribution in [-0.2, 0) is 6.42 Å². The Morgan fingerprint density at radius 2 is 2.00 bits per heavy atom. The van der Waals surface area contributed by atoms with Gasteiger partial charge in [-0.25, -0.2) is 0 Å². The van der Waals surface area contributed by atoms with E-state index in [0.717, 1.165) is 5.69 Å². The predicted molar refractivity (Wildman–Crippen MR) is 71.4 cm³/mol. The molecule has 0 radical (unpaired) electrons. The van der Waals surface area contributed by atoms with Crippen molar-refractivity contribution >= 4 is 28.3 Å². The molecule has 0 aliphatic heterocycles. The average Bonchev–Trinajstić information content (AvgIpc) is 2.18. The Labute approximate surface area is 100 Å². The first-order valence-electron chi connectivity index (χ1n) is 5.28. The van der Waals surface area contributed by atoms with E-state index >= 15 is 0 Å². The van der Waals surface area contributed by atoms with Crippen LogP contribution >= 0.6 is 22.6 Å². The van der Waals surface area contributed by atoms with Crippen molar-refractivity contribution in [1.82, 2.24) is 0 Å². The molecule has 1 nitrogen and oxygen atoms in total. The van der Waals surface area contributed by atoms with Crippen molar-refractivity contribution in [2.24, 2.45) is 0 Å². The number of rotatable bonds is 5. The molecule has 0 amide bonds. The lowest BCUT2D eigenvalue weighted by Gasteiger charge is -2.05. The predicted octanol–water partition coefficient (Wildman–Crippen LogP) is 4.00. The summed E-state index contributed by atoms with van der Waals surface area (Å²) in [5.41, 5.74) is 8.04. The first-order chi connectivity index (χ1) is 6.74. The Kier molecular flexibility index (Phi) is 5.30. The van der Waals surface area contributed by atoms with Gasteiger partial charge in [0.05, 0.1) is 0 Å². The van der Waals surface area contributed by atoms with Gasteiger partial charge in [0.25, 0.3) is 0 Å². The number of anilines is 1. The number of unbranched alkanes of at least 4 members (excludes halogenated alkanes) is 3. The summed E-state index contributed by atoms with van der Waals surface area (Å²) in [5, 5.41) is 0. The zero-order chi connectivity index (χ0) is 10.4. The van der Waals surface area contributed by atoms with E-state index < -0.39 is 0 Å². The molecule has 0 bridgehead atoms. The van der Waals surface area contributed by atoms with Gasteiger partial charge < -0.3 is 5.73 Å². The van der Waals surface area contributed by atoms with E-state index in [1.165, 1.54) is 41.2 Å².